The molecule has 0 spiro atoms. The van der Waals surface area contributed by atoms with Gasteiger partial charge in [-0.05, 0) is 29.9 Å². The topological polar surface area (TPSA) is 60.2 Å². The van der Waals surface area contributed by atoms with E-state index in [9.17, 15) is 9.59 Å². The van der Waals surface area contributed by atoms with Gasteiger partial charge in [0.15, 0.2) is 11.6 Å². The SMILES string of the molecule is NCc1ccccc1.O=C1C=CC(=O)C=C1. The second kappa shape index (κ2) is 6.48. The Morgan fingerprint density at radius 1 is 0.812 bits per heavy atom. The molecule has 0 bridgehead atoms. The van der Waals surface area contributed by atoms with E-state index >= 15 is 0 Å². The quantitative estimate of drug-likeness (QED) is 0.720. The minimum absolute atomic E-state index is 0.121. The molecule has 1 aliphatic rings. The second-order valence-corrected chi connectivity index (χ2v) is 3.16. The van der Waals surface area contributed by atoms with Gasteiger partial charge in [0.25, 0.3) is 0 Å². The van der Waals surface area contributed by atoms with Crippen LogP contribution in [0.25, 0.3) is 0 Å². The van der Waals surface area contributed by atoms with Crippen molar-refractivity contribution in [3.05, 3.63) is 60.2 Å². The lowest BCUT2D eigenvalue weighted by atomic mass is 10.2. The molecular formula is C13H13NO2. The molecule has 0 saturated heterocycles. The Bertz CT molecular complexity index is 381. The minimum atomic E-state index is -0.121. The first kappa shape index (κ1) is 12.1. The molecule has 0 unspecified atom stereocenters. The molecule has 16 heavy (non-hydrogen) atoms. The third kappa shape index (κ3) is 4.48. The van der Waals surface area contributed by atoms with E-state index in [-0.39, 0.29) is 11.6 Å². The van der Waals surface area contributed by atoms with Gasteiger partial charge in [0.1, 0.15) is 0 Å². The fourth-order valence-electron chi connectivity index (χ4n) is 1.05. The van der Waals surface area contributed by atoms with E-state index in [0.29, 0.717) is 6.54 Å². The summed E-state index contributed by atoms with van der Waals surface area (Å²) in [6.45, 7) is 0.640. The summed E-state index contributed by atoms with van der Waals surface area (Å²) in [5.74, 6) is -0.241. The molecule has 0 amide bonds. The van der Waals surface area contributed by atoms with Gasteiger partial charge >= 0.3 is 0 Å². The number of allylic oxidation sites excluding steroid dienone is 4. The van der Waals surface area contributed by atoms with Crippen LogP contribution in [0.15, 0.2) is 54.6 Å². The summed E-state index contributed by atoms with van der Waals surface area (Å²) < 4.78 is 0. The monoisotopic (exact) mass is 215 g/mol. The summed E-state index contributed by atoms with van der Waals surface area (Å²) >= 11 is 0. The minimum Gasteiger partial charge on any atom is -0.326 e. The Morgan fingerprint density at radius 3 is 1.56 bits per heavy atom. The normalized spacial score (nSPS) is 13.3. The van der Waals surface area contributed by atoms with Crippen molar-refractivity contribution >= 4 is 11.6 Å². The molecule has 0 heterocycles. The Morgan fingerprint density at radius 2 is 1.25 bits per heavy atom. The zero-order chi connectivity index (χ0) is 11.8. The zero-order valence-corrected chi connectivity index (χ0v) is 8.80. The third-order valence-corrected chi connectivity index (χ3v) is 1.90. The van der Waals surface area contributed by atoms with Crippen LogP contribution in [-0.2, 0) is 16.1 Å². The second-order valence-electron chi connectivity index (χ2n) is 3.16. The predicted molar refractivity (Wildman–Crippen MR) is 62.6 cm³/mol. The molecule has 0 aromatic heterocycles. The highest BCUT2D eigenvalue weighted by molar-refractivity contribution is 6.14. The maximum absolute atomic E-state index is 10.3. The first-order chi connectivity index (χ1) is 7.72. The van der Waals surface area contributed by atoms with Gasteiger partial charge in [-0.2, -0.15) is 0 Å². The van der Waals surface area contributed by atoms with Crippen LogP contribution in [0.3, 0.4) is 0 Å². The van der Waals surface area contributed by atoms with Crippen molar-refractivity contribution in [3.63, 3.8) is 0 Å². The number of hydrogen-bond donors (Lipinski definition) is 1. The molecule has 3 heteroatoms. The summed E-state index contributed by atoms with van der Waals surface area (Å²) in [6, 6.07) is 9.99. The van der Waals surface area contributed by atoms with E-state index in [1.165, 1.54) is 29.9 Å². The number of hydrogen-bond acceptors (Lipinski definition) is 3. The predicted octanol–water partition coefficient (Wildman–Crippen LogP) is 1.40. The molecular weight excluding hydrogens is 202 g/mol. The number of carbonyl (C=O) groups excluding carboxylic acids is 2. The Hall–Kier alpha value is -2.00. The number of benzene rings is 1. The summed E-state index contributed by atoms with van der Waals surface area (Å²) in [5, 5.41) is 0. The molecule has 1 aromatic carbocycles. The van der Waals surface area contributed by atoms with E-state index in [4.69, 9.17) is 5.73 Å². The van der Waals surface area contributed by atoms with E-state index in [1.54, 1.807) is 0 Å². The Balaban J connectivity index is 0.000000160. The highest BCUT2D eigenvalue weighted by atomic mass is 16.1. The number of nitrogens with two attached hydrogens (primary N) is 1. The van der Waals surface area contributed by atoms with E-state index in [0.717, 1.165) is 0 Å². The maximum atomic E-state index is 10.3. The van der Waals surface area contributed by atoms with Gasteiger partial charge in [-0.1, -0.05) is 30.3 Å². The first-order valence-electron chi connectivity index (χ1n) is 4.90. The van der Waals surface area contributed by atoms with Gasteiger partial charge in [0.05, 0.1) is 0 Å². The Labute approximate surface area is 94.3 Å². The molecule has 0 atom stereocenters. The van der Waals surface area contributed by atoms with Crippen molar-refractivity contribution in [2.75, 3.05) is 0 Å². The van der Waals surface area contributed by atoms with E-state index in [2.05, 4.69) is 0 Å². The number of rotatable bonds is 1. The fraction of sp³-hybridized carbons (Fsp3) is 0.0769. The summed E-state index contributed by atoms with van der Waals surface area (Å²) in [5.41, 5.74) is 6.54. The molecule has 2 rings (SSSR count). The van der Waals surface area contributed by atoms with Gasteiger partial charge in [-0.15, -0.1) is 0 Å². The third-order valence-electron chi connectivity index (χ3n) is 1.90. The van der Waals surface area contributed by atoms with Crippen LogP contribution in [0.1, 0.15) is 5.56 Å². The van der Waals surface area contributed by atoms with Crippen molar-refractivity contribution < 1.29 is 9.59 Å². The van der Waals surface area contributed by atoms with Gasteiger partial charge < -0.3 is 5.73 Å². The van der Waals surface area contributed by atoms with Crippen LogP contribution in [0.2, 0.25) is 0 Å². The lowest BCUT2D eigenvalue weighted by Gasteiger charge is -1.90. The van der Waals surface area contributed by atoms with Crippen molar-refractivity contribution in [2.45, 2.75) is 6.54 Å². The molecule has 0 aliphatic heterocycles. The lowest BCUT2D eigenvalue weighted by molar-refractivity contribution is -0.113. The first-order valence-corrected chi connectivity index (χ1v) is 4.90. The van der Waals surface area contributed by atoms with Crippen LogP contribution >= 0.6 is 0 Å². The van der Waals surface area contributed by atoms with Gasteiger partial charge in [0, 0.05) is 6.54 Å². The molecule has 1 aromatic rings. The molecule has 1 aliphatic carbocycles. The van der Waals surface area contributed by atoms with Crippen molar-refractivity contribution in [1.29, 1.82) is 0 Å². The van der Waals surface area contributed by atoms with Gasteiger partial charge in [0.2, 0.25) is 0 Å². The van der Waals surface area contributed by atoms with Crippen LogP contribution in [0.5, 0.6) is 0 Å². The van der Waals surface area contributed by atoms with Gasteiger partial charge in [-0.25, -0.2) is 0 Å². The van der Waals surface area contributed by atoms with Crippen LogP contribution in [0, 0.1) is 0 Å². The van der Waals surface area contributed by atoms with Crippen LogP contribution in [-0.4, -0.2) is 11.6 Å². The highest BCUT2D eigenvalue weighted by Crippen LogP contribution is 1.94. The van der Waals surface area contributed by atoms with Crippen molar-refractivity contribution in [2.24, 2.45) is 5.73 Å². The molecule has 2 N–H and O–H groups in total. The number of carbonyl (C=O) groups is 2. The van der Waals surface area contributed by atoms with E-state index in [1.807, 2.05) is 30.3 Å². The summed E-state index contributed by atoms with van der Waals surface area (Å²) in [7, 11) is 0. The molecule has 0 fully saturated rings. The summed E-state index contributed by atoms with van der Waals surface area (Å²) in [4.78, 5) is 20.6. The van der Waals surface area contributed by atoms with Crippen molar-refractivity contribution in [3.8, 4) is 0 Å². The lowest BCUT2D eigenvalue weighted by Crippen LogP contribution is -1.97. The maximum Gasteiger partial charge on any atom is 0.178 e. The van der Waals surface area contributed by atoms with Crippen LogP contribution < -0.4 is 5.73 Å². The van der Waals surface area contributed by atoms with Crippen molar-refractivity contribution in [1.82, 2.24) is 0 Å². The Kier molecular flexibility index (Phi) is 4.89. The fourth-order valence-corrected chi connectivity index (χ4v) is 1.05. The summed E-state index contributed by atoms with van der Waals surface area (Å²) in [6.07, 6.45) is 5.01. The zero-order valence-electron chi connectivity index (χ0n) is 8.80. The average molecular weight is 215 g/mol. The van der Waals surface area contributed by atoms with E-state index < -0.39 is 0 Å². The largest absolute Gasteiger partial charge is 0.326 e. The molecule has 0 radical (unpaired) electrons. The van der Waals surface area contributed by atoms with Crippen LogP contribution in [0.4, 0.5) is 0 Å². The highest BCUT2D eigenvalue weighted by Gasteiger charge is 1.97. The molecule has 3 nitrogen and oxygen atoms in total. The average Bonchev–Trinajstić information content (AvgIpc) is 2.35. The standard InChI is InChI=1S/C7H9N.C6H4O2/c8-6-7-4-2-1-3-5-7;7-5-1-2-6(8)4-3-5/h1-5H,6,8H2;1-4H. The molecule has 0 saturated carbocycles. The number of ketones is 2. The smallest absolute Gasteiger partial charge is 0.178 e. The molecule has 82 valence electrons. The van der Waals surface area contributed by atoms with Gasteiger partial charge in [-0.3, -0.25) is 9.59 Å².